The standard InChI is InChI=1S/C22H30N4O/c1-2-25-11-13-26(14-12-25)17-20-5-3-19(4-6-20)16-24-22(27)21-9-7-18(15-23)8-10-21/h3-10H,2,11-17,23H2,1H3,(H,24,27). The van der Waals surface area contributed by atoms with Gasteiger partial charge in [0.1, 0.15) is 0 Å². The Balaban J connectivity index is 1.46. The van der Waals surface area contributed by atoms with Gasteiger partial charge in [-0.1, -0.05) is 43.3 Å². The lowest BCUT2D eigenvalue weighted by Gasteiger charge is -2.34. The van der Waals surface area contributed by atoms with Gasteiger partial charge in [-0.05, 0) is 35.4 Å². The van der Waals surface area contributed by atoms with E-state index in [1.165, 1.54) is 5.56 Å². The Kier molecular flexibility index (Phi) is 6.98. The van der Waals surface area contributed by atoms with Crippen molar-refractivity contribution in [3.05, 3.63) is 70.8 Å². The number of carbonyl (C=O) groups excluding carboxylic acids is 1. The van der Waals surface area contributed by atoms with Crippen LogP contribution in [0.2, 0.25) is 0 Å². The first-order valence-corrected chi connectivity index (χ1v) is 9.77. The van der Waals surface area contributed by atoms with Crippen molar-refractivity contribution in [2.24, 2.45) is 5.73 Å². The Hall–Kier alpha value is -2.21. The van der Waals surface area contributed by atoms with Gasteiger partial charge in [-0.2, -0.15) is 0 Å². The Bertz CT molecular complexity index is 719. The Morgan fingerprint density at radius 3 is 2.04 bits per heavy atom. The monoisotopic (exact) mass is 366 g/mol. The molecule has 1 fully saturated rings. The second-order valence-electron chi connectivity index (χ2n) is 7.11. The molecule has 1 aliphatic rings. The molecule has 2 aromatic rings. The topological polar surface area (TPSA) is 61.6 Å². The summed E-state index contributed by atoms with van der Waals surface area (Å²) < 4.78 is 0. The van der Waals surface area contributed by atoms with Crippen LogP contribution in [0.3, 0.4) is 0 Å². The SMILES string of the molecule is CCN1CCN(Cc2ccc(CNC(=O)c3ccc(CN)cc3)cc2)CC1. The van der Waals surface area contributed by atoms with Crippen molar-refractivity contribution in [3.63, 3.8) is 0 Å². The van der Waals surface area contributed by atoms with Gasteiger partial charge in [0.15, 0.2) is 0 Å². The van der Waals surface area contributed by atoms with E-state index < -0.39 is 0 Å². The molecule has 5 nitrogen and oxygen atoms in total. The van der Waals surface area contributed by atoms with E-state index >= 15 is 0 Å². The molecule has 0 bridgehead atoms. The fourth-order valence-corrected chi connectivity index (χ4v) is 3.36. The molecule has 1 saturated heterocycles. The average molecular weight is 367 g/mol. The Morgan fingerprint density at radius 2 is 1.44 bits per heavy atom. The van der Waals surface area contributed by atoms with Gasteiger partial charge >= 0.3 is 0 Å². The third-order valence-electron chi connectivity index (χ3n) is 5.25. The quantitative estimate of drug-likeness (QED) is 0.789. The van der Waals surface area contributed by atoms with Gasteiger partial charge in [0, 0.05) is 51.4 Å². The van der Waals surface area contributed by atoms with Crippen LogP contribution < -0.4 is 11.1 Å². The van der Waals surface area contributed by atoms with E-state index in [1.807, 2.05) is 24.3 Å². The number of carbonyl (C=O) groups is 1. The predicted molar refractivity (Wildman–Crippen MR) is 109 cm³/mol. The summed E-state index contributed by atoms with van der Waals surface area (Å²) in [6.07, 6.45) is 0. The molecule has 3 rings (SSSR count). The van der Waals surface area contributed by atoms with Crippen LogP contribution in [0, 0.1) is 0 Å². The summed E-state index contributed by atoms with van der Waals surface area (Å²) in [7, 11) is 0. The number of rotatable bonds is 7. The van der Waals surface area contributed by atoms with Crippen molar-refractivity contribution in [1.29, 1.82) is 0 Å². The third-order valence-corrected chi connectivity index (χ3v) is 5.25. The van der Waals surface area contributed by atoms with Crippen LogP contribution in [-0.4, -0.2) is 48.4 Å². The van der Waals surface area contributed by atoms with Gasteiger partial charge in [-0.3, -0.25) is 9.69 Å². The first kappa shape index (κ1) is 19.5. The molecule has 1 amide bonds. The number of benzene rings is 2. The first-order chi connectivity index (χ1) is 13.2. The van der Waals surface area contributed by atoms with Crippen molar-refractivity contribution in [2.75, 3.05) is 32.7 Å². The summed E-state index contributed by atoms with van der Waals surface area (Å²) >= 11 is 0. The maximum atomic E-state index is 12.2. The Labute approximate surface area is 162 Å². The number of nitrogens with two attached hydrogens (primary N) is 1. The molecule has 2 aromatic carbocycles. The average Bonchev–Trinajstić information content (AvgIpc) is 2.73. The van der Waals surface area contributed by atoms with Crippen LogP contribution in [0.5, 0.6) is 0 Å². The fourth-order valence-electron chi connectivity index (χ4n) is 3.36. The van der Waals surface area contributed by atoms with E-state index in [4.69, 9.17) is 5.73 Å². The van der Waals surface area contributed by atoms with Gasteiger partial charge in [-0.25, -0.2) is 0 Å². The number of amides is 1. The Morgan fingerprint density at radius 1 is 0.889 bits per heavy atom. The summed E-state index contributed by atoms with van der Waals surface area (Å²) in [5.41, 5.74) is 9.72. The molecule has 0 aliphatic carbocycles. The van der Waals surface area contributed by atoms with Gasteiger partial charge in [-0.15, -0.1) is 0 Å². The molecular formula is C22H30N4O. The first-order valence-electron chi connectivity index (χ1n) is 9.77. The van der Waals surface area contributed by atoms with E-state index in [9.17, 15) is 4.79 Å². The highest BCUT2D eigenvalue weighted by molar-refractivity contribution is 5.94. The van der Waals surface area contributed by atoms with Gasteiger partial charge in [0.2, 0.25) is 0 Å². The molecular weight excluding hydrogens is 336 g/mol. The maximum absolute atomic E-state index is 12.2. The normalized spacial score (nSPS) is 15.6. The highest BCUT2D eigenvalue weighted by atomic mass is 16.1. The number of nitrogens with zero attached hydrogens (tertiary/aromatic N) is 2. The largest absolute Gasteiger partial charge is 0.348 e. The summed E-state index contributed by atoms with van der Waals surface area (Å²) in [5.74, 6) is -0.0588. The minimum Gasteiger partial charge on any atom is -0.348 e. The zero-order valence-electron chi connectivity index (χ0n) is 16.2. The minimum atomic E-state index is -0.0588. The zero-order chi connectivity index (χ0) is 19.1. The van der Waals surface area contributed by atoms with Crippen molar-refractivity contribution in [3.8, 4) is 0 Å². The highest BCUT2D eigenvalue weighted by Crippen LogP contribution is 2.11. The number of hydrogen-bond donors (Lipinski definition) is 2. The number of likely N-dealkylation sites (N-methyl/N-ethyl adjacent to an activating group) is 1. The van der Waals surface area contributed by atoms with Crippen molar-refractivity contribution >= 4 is 5.91 Å². The van der Waals surface area contributed by atoms with E-state index in [0.717, 1.165) is 50.4 Å². The van der Waals surface area contributed by atoms with Crippen LogP contribution >= 0.6 is 0 Å². The summed E-state index contributed by atoms with van der Waals surface area (Å²) in [5, 5.41) is 2.98. The van der Waals surface area contributed by atoms with E-state index in [-0.39, 0.29) is 5.91 Å². The second-order valence-corrected chi connectivity index (χ2v) is 7.11. The smallest absolute Gasteiger partial charge is 0.251 e. The number of hydrogen-bond acceptors (Lipinski definition) is 4. The maximum Gasteiger partial charge on any atom is 0.251 e. The predicted octanol–water partition coefficient (Wildman–Crippen LogP) is 2.21. The molecule has 0 spiro atoms. The lowest BCUT2D eigenvalue weighted by atomic mass is 10.1. The molecule has 144 valence electrons. The third kappa shape index (κ3) is 5.63. The van der Waals surface area contributed by atoms with Gasteiger partial charge < -0.3 is 16.0 Å². The molecule has 3 N–H and O–H groups in total. The van der Waals surface area contributed by atoms with Crippen LogP contribution in [-0.2, 0) is 19.6 Å². The molecule has 0 unspecified atom stereocenters. The zero-order valence-corrected chi connectivity index (χ0v) is 16.2. The number of piperazine rings is 1. The van der Waals surface area contributed by atoms with Gasteiger partial charge in [0.05, 0.1) is 0 Å². The molecule has 0 aromatic heterocycles. The van der Waals surface area contributed by atoms with Crippen molar-refractivity contribution < 1.29 is 4.79 Å². The molecule has 0 saturated carbocycles. The van der Waals surface area contributed by atoms with Crippen LogP contribution in [0.4, 0.5) is 0 Å². The molecule has 27 heavy (non-hydrogen) atoms. The van der Waals surface area contributed by atoms with Crippen LogP contribution in [0.1, 0.15) is 34.0 Å². The lowest BCUT2D eigenvalue weighted by molar-refractivity contribution is 0.0951. The molecule has 1 aliphatic heterocycles. The second kappa shape index (κ2) is 9.65. The lowest BCUT2D eigenvalue weighted by Crippen LogP contribution is -2.45. The van der Waals surface area contributed by atoms with E-state index in [0.29, 0.717) is 18.7 Å². The molecule has 1 heterocycles. The highest BCUT2D eigenvalue weighted by Gasteiger charge is 2.15. The summed E-state index contributed by atoms with van der Waals surface area (Å²) in [4.78, 5) is 17.2. The molecule has 0 atom stereocenters. The fraction of sp³-hybridized carbons (Fsp3) is 0.409. The van der Waals surface area contributed by atoms with Crippen molar-refractivity contribution in [2.45, 2.75) is 26.6 Å². The van der Waals surface area contributed by atoms with Crippen molar-refractivity contribution in [1.82, 2.24) is 15.1 Å². The van der Waals surface area contributed by atoms with E-state index in [1.54, 1.807) is 0 Å². The molecule has 0 radical (unpaired) electrons. The van der Waals surface area contributed by atoms with Gasteiger partial charge in [0.25, 0.3) is 5.91 Å². The van der Waals surface area contributed by atoms with Crippen LogP contribution in [0.25, 0.3) is 0 Å². The molecule has 5 heteroatoms. The number of nitrogens with one attached hydrogen (secondary N) is 1. The summed E-state index contributed by atoms with van der Waals surface area (Å²) in [6.45, 7) is 9.98. The minimum absolute atomic E-state index is 0.0588. The van der Waals surface area contributed by atoms with Crippen LogP contribution in [0.15, 0.2) is 48.5 Å². The summed E-state index contributed by atoms with van der Waals surface area (Å²) in [6, 6.07) is 16.0. The van der Waals surface area contributed by atoms with E-state index in [2.05, 4.69) is 46.3 Å².